The summed E-state index contributed by atoms with van der Waals surface area (Å²) in [5.74, 6) is 0. The molecule has 0 spiro atoms. The van der Waals surface area contributed by atoms with E-state index in [-0.39, 0.29) is 18.2 Å². The van der Waals surface area contributed by atoms with Crippen molar-refractivity contribution < 1.29 is 9.53 Å². The predicted molar refractivity (Wildman–Crippen MR) is 70.0 cm³/mol. The van der Waals surface area contributed by atoms with Crippen LogP contribution in [0.3, 0.4) is 0 Å². The van der Waals surface area contributed by atoms with Crippen molar-refractivity contribution in [3.63, 3.8) is 0 Å². The summed E-state index contributed by atoms with van der Waals surface area (Å²) in [6.07, 6.45) is 2.54. The molecule has 2 unspecified atom stereocenters. The number of nitrogens with zero attached hydrogens (tertiary/aromatic N) is 1. The highest BCUT2D eigenvalue weighted by Gasteiger charge is 2.34. The molecule has 1 amide bonds. The molecular formula is C14H25NO2. The average Bonchev–Trinajstić information content (AvgIpc) is 2.12. The molecule has 1 rings (SSSR count). The number of amides is 1. The molecule has 3 nitrogen and oxygen atoms in total. The van der Waals surface area contributed by atoms with Crippen LogP contribution in [0.4, 0.5) is 4.79 Å². The van der Waals surface area contributed by atoms with E-state index in [0.29, 0.717) is 0 Å². The SMILES string of the molecule is C=C1CC(C)N(C(=O)OC(C)(C)C)C(CC)C1. The summed E-state index contributed by atoms with van der Waals surface area (Å²) in [6.45, 7) is 13.9. The van der Waals surface area contributed by atoms with E-state index in [1.54, 1.807) is 0 Å². The average molecular weight is 239 g/mol. The second-order valence-electron chi connectivity index (χ2n) is 5.96. The molecule has 3 heteroatoms. The zero-order chi connectivity index (χ0) is 13.2. The van der Waals surface area contributed by atoms with Gasteiger partial charge in [0.05, 0.1) is 0 Å². The summed E-state index contributed by atoms with van der Waals surface area (Å²) >= 11 is 0. The maximum Gasteiger partial charge on any atom is 0.410 e. The molecule has 0 aromatic rings. The molecule has 0 aromatic heterocycles. The maximum atomic E-state index is 12.2. The number of hydrogen-bond acceptors (Lipinski definition) is 2. The van der Waals surface area contributed by atoms with Crippen molar-refractivity contribution in [3.8, 4) is 0 Å². The molecule has 0 radical (unpaired) electrons. The molecule has 98 valence electrons. The number of piperidine rings is 1. The van der Waals surface area contributed by atoms with Gasteiger partial charge in [0.1, 0.15) is 5.60 Å². The van der Waals surface area contributed by atoms with Gasteiger partial charge in [-0.1, -0.05) is 19.1 Å². The van der Waals surface area contributed by atoms with Gasteiger partial charge in [-0.3, -0.25) is 0 Å². The lowest BCUT2D eigenvalue weighted by molar-refractivity contribution is 0.00185. The first-order valence-electron chi connectivity index (χ1n) is 6.42. The van der Waals surface area contributed by atoms with Crippen molar-refractivity contribution in [2.24, 2.45) is 0 Å². The lowest BCUT2D eigenvalue weighted by Crippen LogP contribution is -2.50. The minimum absolute atomic E-state index is 0.190. The summed E-state index contributed by atoms with van der Waals surface area (Å²) in [5, 5.41) is 0. The largest absolute Gasteiger partial charge is 0.444 e. The van der Waals surface area contributed by atoms with Gasteiger partial charge < -0.3 is 9.64 Å². The van der Waals surface area contributed by atoms with Gasteiger partial charge in [-0.15, -0.1) is 0 Å². The Balaban J connectivity index is 2.78. The number of likely N-dealkylation sites (tertiary alicyclic amines) is 1. The Kier molecular flexibility index (Phi) is 4.23. The van der Waals surface area contributed by atoms with Crippen molar-refractivity contribution in [2.45, 2.75) is 71.6 Å². The van der Waals surface area contributed by atoms with Gasteiger partial charge in [0.15, 0.2) is 0 Å². The summed E-state index contributed by atoms with van der Waals surface area (Å²) in [5.41, 5.74) is 0.813. The van der Waals surface area contributed by atoms with Crippen molar-refractivity contribution in [1.82, 2.24) is 4.90 Å². The summed E-state index contributed by atoms with van der Waals surface area (Å²) in [7, 11) is 0. The third-order valence-electron chi connectivity index (χ3n) is 3.05. The maximum absolute atomic E-state index is 12.2. The number of ether oxygens (including phenoxy) is 1. The van der Waals surface area contributed by atoms with Crippen LogP contribution >= 0.6 is 0 Å². The predicted octanol–water partition coefficient (Wildman–Crippen LogP) is 3.74. The monoisotopic (exact) mass is 239 g/mol. The molecule has 0 aliphatic carbocycles. The number of rotatable bonds is 1. The van der Waals surface area contributed by atoms with E-state index in [1.165, 1.54) is 5.57 Å². The van der Waals surface area contributed by atoms with Crippen LogP contribution in [0, 0.1) is 0 Å². The van der Waals surface area contributed by atoms with Crippen molar-refractivity contribution in [3.05, 3.63) is 12.2 Å². The van der Waals surface area contributed by atoms with Crippen LogP contribution in [-0.2, 0) is 4.74 Å². The van der Waals surface area contributed by atoms with E-state index in [9.17, 15) is 4.79 Å². The normalized spacial score (nSPS) is 25.9. The quantitative estimate of drug-likeness (QED) is 0.652. The van der Waals surface area contributed by atoms with Crippen LogP contribution in [0.1, 0.15) is 53.9 Å². The highest BCUT2D eigenvalue weighted by atomic mass is 16.6. The zero-order valence-corrected chi connectivity index (χ0v) is 11.7. The fourth-order valence-electron chi connectivity index (χ4n) is 2.38. The molecular weight excluding hydrogens is 214 g/mol. The van der Waals surface area contributed by atoms with Gasteiger partial charge in [-0.2, -0.15) is 0 Å². The first-order valence-corrected chi connectivity index (χ1v) is 6.42. The van der Waals surface area contributed by atoms with Gasteiger partial charge in [-0.25, -0.2) is 4.79 Å². The van der Waals surface area contributed by atoms with Crippen LogP contribution < -0.4 is 0 Å². The molecule has 0 saturated carbocycles. The van der Waals surface area contributed by atoms with Crippen LogP contribution in [0.2, 0.25) is 0 Å². The standard InChI is InChI=1S/C14H25NO2/c1-7-12-9-10(2)8-11(3)15(12)13(16)17-14(4,5)6/h11-12H,2,7-9H2,1,3-6H3. The van der Waals surface area contributed by atoms with E-state index in [1.807, 2.05) is 25.7 Å². The molecule has 1 aliphatic heterocycles. The minimum atomic E-state index is -0.427. The summed E-state index contributed by atoms with van der Waals surface area (Å²) in [4.78, 5) is 14.1. The van der Waals surface area contributed by atoms with E-state index in [0.717, 1.165) is 19.3 Å². The molecule has 1 aliphatic rings. The van der Waals surface area contributed by atoms with Crippen LogP contribution in [-0.4, -0.2) is 28.7 Å². The third kappa shape index (κ3) is 3.76. The lowest BCUT2D eigenvalue weighted by Gasteiger charge is -2.41. The molecule has 0 N–H and O–H groups in total. The second-order valence-corrected chi connectivity index (χ2v) is 5.96. The Morgan fingerprint density at radius 1 is 1.47 bits per heavy atom. The molecule has 2 atom stereocenters. The van der Waals surface area contributed by atoms with Gasteiger partial charge >= 0.3 is 6.09 Å². The Labute approximate surface area is 105 Å². The topological polar surface area (TPSA) is 29.5 Å². The molecule has 1 saturated heterocycles. The van der Waals surface area contributed by atoms with Crippen LogP contribution in [0.15, 0.2) is 12.2 Å². The minimum Gasteiger partial charge on any atom is -0.444 e. The molecule has 0 bridgehead atoms. The Bertz CT molecular complexity index is 304. The highest BCUT2D eigenvalue weighted by Crippen LogP contribution is 2.29. The van der Waals surface area contributed by atoms with Gasteiger partial charge in [0.25, 0.3) is 0 Å². The fraction of sp³-hybridized carbons (Fsp3) is 0.786. The Hall–Kier alpha value is -0.990. The van der Waals surface area contributed by atoms with E-state index < -0.39 is 5.60 Å². The lowest BCUT2D eigenvalue weighted by atomic mass is 9.92. The molecule has 1 fully saturated rings. The first kappa shape index (κ1) is 14.1. The molecule has 17 heavy (non-hydrogen) atoms. The summed E-state index contributed by atoms with van der Waals surface area (Å²) < 4.78 is 5.47. The number of carbonyl (C=O) groups excluding carboxylic acids is 1. The third-order valence-corrected chi connectivity index (χ3v) is 3.05. The summed E-state index contributed by atoms with van der Waals surface area (Å²) in [6, 6.07) is 0.428. The van der Waals surface area contributed by atoms with Crippen LogP contribution in [0.25, 0.3) is 0 Å². The zero-order valence-electron chi connectivity index (χ0n) is 11.7. The first-order chi connectivity index (χ1) is 7.74. The smallest absolute Gasteiger partial charge is 0.410 e. The van der Waals surface area contributed by atoms with Crippen molar-refractivity contribution in [2.75, 3.05) is 0 Å². The van der Waals surface area contributed by atoms with Crippen molar-refractivity contribution in [1.29, 1.82) is 0 Å². The van der Waals surface area contributed by atoms with E-state index >= 15 is 0 Å². The van der Waals surface area contributed by atoms with Crippen LogP contribution in [0.5, 0.6) is 0 Å². The number of hydrogen-bond donors (Lipinski definition) is 0. The molecule has 1 heterocycles. The second kappa shape index (κ2) is 5.11. The molecule has 0 aromatic carbocycles. The number of carbonyl (C=O) groups is 1. The van der Waals surface area contributed by atoms with Crippen molar-refractivity contribution >= 4 is 6.09 Å². The Morgan fingerprint density at radius 3 is 2.53 bits per heavy atom. The van der Waals surface area contributed by atoms with Gasteiger partial charge in [-0.05, 0) is 47.0 Å². The van der Waals surface area contributed by atoms with Gasteiger partial charge in [0, 0.05) is 12.1 Å². The fourth-order valence-corrected chi connectivity index (χ4v) is 2.38. The van der Waals surface area contributed by atoms with E-state index in [4.69, 9.17) is 4.74 Å². The highest BCUT2D eigenvalue weighted by molar-refractivity contribution is 5.69. The van der Waals surface area contributed by atoms with E-state index in [2.05, 4.69) is 20.4 Å². The van der Waals surface area contributed by atoms with Gasteiger partial charge in [0.2, 0.25) is 0 Å². The Morgan fingerprint density at radius 2 is 2.06 bits per heavy atom.